The van der Waals surface area contributed by atoms with Gasteiger partial charge in [-0.05, 0) is 31.4 Å². The van der Waals surface area contributed by atoms with E-state index in [0.717, 1.165) is 42.5 Å². The summed E-state index contributed by atoms with van der Waals surface area (Å²) in [4.78, 5) is 19.6. The molecule has 5 nitrogen and oxygen atoms in total. The van der Waals surface area contributed by atoms with Crippen LogP contribution in [0.5, 0.6) is 0 Å². The number of fused-ring (bicyclic) bond motifs is 1. The Balaban J connectivity index is 1.70. The van der Waals surface area contributed by atoms with Crippen LogP contribution in [-0.2, 0) is 4.79 Å². The topological polar surface area (TPSA) is 81.6 Å². The molecule has 1 heterocycles. The Kier molecular flexibility index (Phi) is 3.87. The van der Waals surface area contributed by atoms with Crippen molar-refractivity contribution in [2.75, 3.05) is 0 Å². The molecule has 21 heavy (non-hydrogen) atoms. The number of aromatic amines is 1. The van der Waals surface area contributed by atoms with Gasteiger partial charge in [0.2, 0.25) is 5.91 Å². The number of carbonyl (C=O) groups is 1. The lowest BCUT2D eigenvalue weighted by molar-refractivity contribution is -0.121. The Bertz CT molecular complexity index is 652. The number of hydrogen-bond acceptors (Lipinski definition) is 3. The molecule has 0 spiro atoms. The molecule has 1 fully saturated rings. The first-order chi connectivity index (χ1) is 10.3. The van der Waals surface area contributed by atoms with Gasteiger partial charge in [0.25, 0.3) is 0 Å². The Morgan fingerprint density at radius 1 is 1.43 bits per heavy atom. The third kappa shape index (κ3) is 3.05. The number of hydrogen-bond donors (Lipinski definition) is 2. The van der Waals surface area contributed by atoms with Gasteiger partial charge in [-0.15, -0.1) is 0 Å². The first kappa shape index (κ1) is 13.6. The van der Waals surface area contributed by atoms with Crippen LogP contribution >= 0.6 is 0 Å². The number of para-hydroxylation sites is 2. The molecule has 2 atom stereocenters. The van der Waals surface area contributed by atoms with E-state index in [4.69, 9.17) is 5.26 Å². The van der Waals surface area contributed by atoms with Crippen molar-refractivity contribution < 1.29 is 4.79 Å². The van der Waals surface area contributed by atoms with Crippen LogP contribution in [0.15, 0.2) is 24.3 Å². The molecule has 2 N–H and O–H groups in total. The van der Waals surface area contributed by atoms with E-state index in [1.807, 2.05) is 30.3 Å². The normalized spacial score (nSPS) is 21.9. The van der Waals surface area contributed by atoms with Crippen molar-refractivity contribution in [1.29, 1.82) is 5.26 Å². The maximum absolute atomic E-state index is 11.5. The molecule has 1 aromatic heterocycles. The van der Waals surface area contributed by atoms with Gasteiger partial charge in [0.05, 0.1) is 17.1 Å². The predicted octanol–water partition coefficient (Wildman–Crippen LogP) is 2.62. The molecule has 1 saturated carbocycles. The second-order valence-corrected chi connectivity index (χ2v) is 5.60. The van der Waals surface area contributed by atoms with Gasteiger partial charge < -0.3 is 10.3 Å². The lowest BCUT2D eigenvalue weighted by atomic mass is 9.85. The van der Waals surface area contributed by atoms with E-state index in [2.05, 4.69) is 15.3 Å². The van der Waals surface area contributed by atoms with Crippen LogP contribution in [0.4, 0.5) is 0 Å². The van der Waals surface area contributed by atoms with E-state index >= 15 is 0 Å². The highest BCUT2D eigenvalue weighted by molar-refractivity contribution is 5.78. The van der Waals surface area contributed by atoms with Crippen molar-refractivity contribution in [2.45, 2.75) is 44.1 Å². The lowest BCUT2D eigenvalue weighted by Crippen LogP contribution is -2.37. The molecule has 1 amide bonds. The van der Waals surface area contributed by atoms with Gasteiger partial charge >= 0.3 is 0 Å². The highest BCUT2D eigenvalue weighted by Gasteiger charge is 2.26. The number of imidazole rings is 1. The van der Waals surface area contributed by atoms with Crippen LogP contribution < -0.4 is 5.32 Å². The van der Waals surface area contributed by atoms with Gasteiger partial charge in [0, 0.05) is 12.0 Å². The second-order valence-electron chi connectivity index (χ2n) is 5.60. The zero-order valence-corrected chi connectivity index (χ0v) is 11.8. The largest absolute Gasteiger partial charge is 0.352 e. The fourth-order valence-electron chi connectivity index (χ4n) is 3.09. The van der Waals surface area contributed by atoms with E-state index in [-0.39, 0.29) is 18.4 Å². The first-order valence-corrected chi connectivity index (χ1v) is 7.37. The van der Waals surface area contributed by atoms with Gasteiger partial charge in [-0.2, -0.15) is 5.26 Å². The van der Waals surface area contributed by atoms with Crippen LogP contribution in [-0.4, -0.2) is 21.9 Å². The quantitative estimate of drug-likeness (QED) is 0.908. The molecule has 5 heteroatoms. The molecule has 1 aliphatic carbocycles. The smallest absolute Gasteiger partial charge is 0.234 e. The van der Waals surface area contributed by atoms with Crippen molar-refractivity contribution >= 4 is 16.9 Å². The predicted molar refractivity (Wildman–Crippen MR) is 79.5 cm³/mol. The number of benzene rings is 1. The summed E-state index contributed by atoms with van der Waals surface area (Å²) in [5.41, 5.74) is 2.05. The average molecular weight is 282 g/mol. The van der Waals surface area contributed by atoms with Crippen LogP contribution in [0.3, 0.4) is 0 Å². The fourth-order valence-corrected chi connectivity index (χ4v) is 3.09. The number of rotatable bonds is 3. The highest BCUT2D eigenvalue weighted by Crippen LogP contribution is 2.32. The van der Waals surface area contributed by atoms with Crippen LogP contribution in [0.2, 0.25) is 0 Å². The molecule has 0 radical (unpaired) electrons. The number of aromatic nitrogens is 2. The molecule has 3 rings (SSSR count). The summed E-state index contributed by atoms with van der Waals surface area (Å²) in [5.74, 6) is 1.18. The zero-order chi connectivity index (χ0) is 14.7. The summed E-state index contributed by atoms with van der Waals surface area (Å²) < 4.78 is 0. The standard InChI is InChI=1S/C16H18N4O/c17-9-8-15(21)18-12-5-3-4-11(10-12)16-19-13-6-1-2-7-14(13)20-16/h1-2,6-7,11-12H,3-5,8,10H2,(H,18,21)(H,19,20). The van der Waals surface area contributed by atoms with E-state index < -0.39 is 0 Å². The average Bonchev–Trinajstić information content (AvgIpc) is 2.91. The number of H-pyrrole nitrogens is 1. The Morgan fingerprint density at radius 3 is 3.10 bits per heavy atom. The van der Waals surface area contributed by atoms with Crippen molar-refractivity contribution in [3.05, 3.63) is 30.1 Å². The number of nitrogens with zero attached hydrogens (tertiary/aromatic N) is 2. The summed E-state index contributed by atoms with van der Waals surface area (Å²) in [6, 6.07) is 10.1. The van der Waals surface area contributed by atoms with Gasteiger partial charge in [-0.1, -0.05) is 18.6 Å². The zero-order valence-electron chi connectivity index (χ0n) is 11.8. The van der Waals surface area contributed by atoms with Crippen molar-refractivity contribution in [3.63, 3.8) is 0 Å². The van der Waals surface area contributed by atoms with Crippen LogP contribution in [0, 0.1) is 11.3 Å². The molecular weight excluding hydrogens is 264 g/mol. The molecule has 0 saturated heterocycles. The Morgan fingerprint density at radius 2 is 2.29 bits per heavy atom. The van der Waals surface area contributed by atoms with Gasteiger partial charge in [0.1, 0.15) is 12.2 Å². The Hall–Kier alpha value is -2.35. The summed E-state index contributed by atoms with van der Waals surface area (Å²) >= 11 is 0. The van der Waals surface area contributed by atoms with Crippen molar-refractivity contribution in [3.8, 4) is 6.07 Å². The summed E-state index contributed by atoms with van der Waals surface area (Å²) in [6.45, 7) is 0. The molecule has 0 bridgehead atoms. The first-order valence-electron chi connectivity index (χ1n) is 7.37. The fraction of sp³-hybridized carbons (Fsp3) is 0.438. The maximum Gasteiger partial charge on any atom is 0.234 e. The number of nitriles is 1. The van der Waals surface area contributed by atoms with Crippen LogP contribution in [0.25, 0.3) is 11.0 Å². The summed E-state index contributed by atoms with van der Waals surface area (Å²) in [7, 11) is 0. The van der Waals surface area contributed by atoms with E-state index in [1.54, 1.807) is 0 Å². The van der Waals surface area contributed by atoms with Crippen molar-refractivity contribution in [1.82, 2.24) is 15.3 Å². The molecule has 2 unspecified atom stereocenters. The molecule has 0 aliphatic heterocycles. The third-order valence-corrected chi connectivity index (χ3v) is 4.07. The van der Waals surface area contributed by atoms with E-state index in [0.29, 0.717) is 5.92 Å². The van der Waals surface area contributed by atoms with E-state index in [9.17, 15) is 4.79 Å². The number of carbonyl (C=O) groups excluding carboxylic acids is 1. The van der Waals surface area contributed by atoms with Gasteiger partial charge in [0.15, 0.2) is 0 Å². The molecule has 1 aliphatic rings. The SMILES string of the molecule is N#CCC(=O)NC1CCCC(c2nc3ccccc3[nH]2)C1. The summed E-state index contributed by atoms with van der Waals surface area (Å²) in [5, 5.41) is 11.5. The molecule has 108 valence electrons. The minimum Gasteiger partial charge on any atom is -0.352 e. The van der Waals surface area contributed by atoms with Crippen LogP contribution in [0.1, 0.15) is 43.8 Å². The minimum absolute atomic E-state index is 0.0637. The van der Waals surface area contributed by atoms with E-state index in [1.165, 1.54) is 0 Å². The summed E-state index contributed by atoms with van der Waals surface area (Å²) in [6.07, 6.45) is 3.96. The molecule has 2 aromatic rings. The van der Waals surface area contributed by atoms with Crippen molar-refractivity contribution in [2.24, 2.45) is 0 Å². The molecule has 1 aromatic carbocycles. The lowest BCUT2D eigenvalue weighted by Gasteiger charge is -2.28. The van der Waals surface area contributed by atoms with Gasteiger partial charge in [-0.3, -0.25) is 4.79 Å². The maximum atomic E-state index is 11.5. The Labute approximate surface area is 123 Å². The minimum atomic E-state index is -0.173. The number of nitrogens with one attached hydrogen (secondary N) is 2. The molecular formula is C16H18N4O. The second kappa shape index (κ2) is 5.96. The monoisotopic (exact) mass is 282 g/mol. The highest BCUT2D eigenvalue weighted by atomic mass is 16.1. The number of amides is 1. The van der Waals surface area contributed by atoms with Gasteiger partial charge in [-0.25, -0.2) is 4.98 Å². The third-order valence-electron chi connectivity index (χ3n) is 4.07.